The molecule has 1 atom stereocenters. The fraction of sp³-hybridized carbons (Fsp3) is 0.154. The van der Waals surface area contributed by atoms with E-state index in [1.807, 2.05) is 55.5 Å². The van der Waals surface area contributed by atoms with Crippen molar-refractivity contribution in [2.45, 2.75) is 25.9 Å². The smallest absolute Gasteiger partial charge is 0.320 e. The lowest BCUT2D eigenvalue weighted by molar-refractivity contribution is -0.136. The van der Waals surface area contributed by atoms with Gasteiger partial charge in [0.15, 0.2) is 12.2 Å². The van der Waals surface area contributed by atoms with Crippen LogP contribution in [0.5, 0.6) is 11.6 Å². The van der Waals surface area contributed by atoms with Crippen LogP contribution < -0.4 is 9.47 Å². The Morgan fingerprint density at radius 1 is 1.03 bits per heavy atom. The molecule has 32 heavy (non-hydrogen) atoms. The number of rotatable bonds is 8. The summed E-state index contributed by atoms with van der Waals surface area (Å²) in [7, 11) is 0. The van der Waals surface area contributed by atoms with E-state index in [1.165, 1.54) is 18.5 Å². The monoisotopic (exact) mass is 431 g/mol. The third-order valence-corrected chi connectivity index (χ3v) is 5.04. The molecule has 0 radical (unpaired) electrons. The summed E-state index contributed by atoms with van der Waals surface area (Å²) in [6.07, 6.45) is 1.73. The van der Waals surface area contributed by atoms with Gasteiger partial charge in [-0.3, -0.25) is 4.79 Å². The number of nitrogens with zero attached hydrogens (tertiary/aromatic N) is 1. The molecule has 3 aromatic carbocycles. The van der Waals surface area contributed by atoms with Crippen molar-refractivity contribution >= 4 is 5.97 Å². The van der Waals surface area contributed by atoms with Crippen molar-refractivity contribution < 1.29 is 23.1 Å². The number of carbonyl (C=O) groups excluding carboxylic acids is 1. The first-order valence-electron chi connectivity index (χ1n) is 10.3. The Balaban J connectivity index is 1.49. The third-order valence-electron chi connectivity index (χ3n) is 5.04. The number of carbonyl (C=O) groups is 1. The number of ether oxygens (including phenoxy) is 2. The van der Waals surface area contributed by atoms with Crippen LogP contribution >= 0.6 is 0 Å². The first kappa shape index (κ1) is 21.3. The molecule has 0 saturated carbocycles. The van der Waals surface area contributed by atoms with Gasteiger partial charge in [-0.1, -0.05) is 61.5 Å². The minimum Gasteiger partial charge on any atom is -0.489 e. The predicted octanol–water partition coefficient (Wildman–Crippen LogP) is 6.16. The van der Waals surface area contributed by atoms with Crippen LogP contribution in [0.15, 0.2) is 89.7 Å². The van der Waals surface area contributed by atoms with Gasteiger partial charge in [-0.2, -0.15) is 4.98 Å². The van der Waals surface area contributed by atoms with E-state index in [9.17, 15) is 9.18 Å². The van der Waals surface area contributed by atoms with Crippen molar-refractivity contribution in [3.05, 3.63) is 102 Å². The number of benzene rings is 3. The molecule has 0 N–H and O–H groups in total. The topological polar surface area (TPSA) is 61.6 Å². The quantitative estimate of drug-likeness (QED) is 0.313. The molecule has 0 amide bonds. The Kier molecular flexibility index (Phi) is 6.60. The van der Waals surface area contributed by atoms with Gasteiger partial charge in [0.25, 0.3) is 5.88 Å². The van der Waals surface area contributed by atoms with E-state index in [2.05, 4.69) is 4.98 Å². The highest BCUT2D eigenvalue weighted by Gasteiger charge is 2.24. The van der Waals surface area contributed by atoms with Crippen LogP contribution in [0.3, 0.4) is 0 Å². The van der Waals surface area contributed by atoms with Crippen molar-refractivity contribution in [1.82, 2.24) is 4.98 Å². The first-order chi connectivity index (χ1) is 15.6. The number of hydrogen-bond donors (Lipinski definition) is 0. The average Bonchev–Trinajstić information content (AvgIpc) is 3.28. The van der Waals surface area contributed by atoms with Gasteiger partial charge in [0.2, 0.25) is 0 Å². The van der Waals surface area contributed by atoms with E-state index < -0.39 is 11.9 Å². The zero-order valence-electron chi connectivity index (χ0n) is 17.5. The molecular weight excluding hydrogens is 409 g/mol. The SMILES string of the molecule is CCC(C(=O)Oc1ncoc1-c1cccc(OCc2ccccc2)c1)c1ccc(F)cc1. The molecule has 4 rings (SSSR count). The summed E-state index contributed by atoms with van der Waals surface area (Å²) < 4.78 is 30.2. The van der Waals surface area contributed by atoms with E-state index in [0.717, 1.165) is 5.56 Å². The highest BCUT2D eigenvalue weighted by atomic mass is 19.1. The van der Waals surface area contributed by atoms with E-state index >= 15 is 0 Å². The minimum atomic E-state index is -0.541. The van der Waals surface area contributed by atoms with Crippen LogP contribution in [0.4, 0.5) is 4.39 Å². The summed E-state index contributed by atoms with van der Waals surface area (Å²) in [5.41, 5.74) is 2.41. The molecule has 0 aliphatic carbocycles. The first-order valence-corrected chi connectivity index (χ1v) is 10.3. The minimum absolute atomic E-state index is 0.0794. The fourth-order valence-electron chi connectivity index (χ4n) is 3.37. The fourth-order valence-corrected chi connectivity index (χ4v) is 3.37. The summed E-state index contributed by atoms with van der Waals surface area (Å²) in [4.78, 5) is 16.9. The molecule has 4 aromatic rings. The largest absolute Gasteiger partial charge is 0.489 e. The highest BCUT2D eigenvalue weighted by molar-refractivity contribution is 5.81. The standard InChI is InChI=1S/C26H22FNO4/c1-2-23(19-11-13-21(27)14-12-19)26(29)32-25-24(31-17-28-25)20-9-6-10-22(15-20)30-16-18-7-4-3-5-8-18/h3-15,17,23H,2,16H2,1H3. The van der Waals surface area contributed by atoms with Crippen LogP contribution in [-0.2, 0) is 11.4 Å². The van der Waals surface area contributed by atoms with Crippen LogP contribution in [0.25, 0.3) is 11.3 Å². The van der Waals surface area contributed by atoms with Gasteiger partial charge in [0.05, 0.1) is 5.92 Å². The van der Waals surface area contributed by atoms with Gasteiger partial charge in [0, 0.05) is 5.56 Å². The maximum atomic E-state index is 13.2. The summed E-state index contributed by atoms with van der Waals surface area (Å²) >= 11 is 0. The summed E-state index contributed by atoms with van der Waals surface area (Å²) in [6.45, 7) is 2.30. The number of aromatic nitrogens is 1. The molecule has 0 saturated heterocycles. The van der Waals surface area contributed by atoms with Gasteiger partial charge in [-0.15, -0.1) is 0 Å². The number of oxazole rings is 1. The molecule has 162 valence electrons. The summed E-state index contributed by atoms with van der Waals surface area (Å²) in [5.74, 6) is -0.317. The average molecular weight is 431 g/mol. The predicted molar refractivity (Wildman–Crippen MR) is 118 cm³/mol. The van der Waals surface area contributed by atoms with Crippen LogP contribution in [0, 0.1) is 5.82 Å². The van der Waals surface area contributed by atoms with E-state index in [-0.39, 0.29) is 11.7 Å². The Morgan fingerprint density at radius 2 is 1.81 bits per heavy atom. The Morgan fingerprint density at radius 3 is 2.56 bits per heavy atom. The third kappa shape index (κ3) is 5.03. The maximum Gasteiger partial charge on any atom is 0.320 e. The normalized spacial score (nSPS) is 11.7. The Hall–Kier alpha value is -3.93. The molecule has 0 bridgehead atoms. The zero-order chi connectivity index (χ0) is 22.3. The van der Waals surface area contributed by atoms with E-state index in [4.69, 9.17) is 13.9 Å². The van der Waals surface area contributed by atoms with Crippen molar-refractivity contribution in [2.24, 2.45) is 0 Å². The van der Waals surface area contributed by atoms with Gasteiger partial charge in [-0.25, -0.2) is 4.39 Å². The second-order valence-corrected chi connectivity index (χ2v) is 7.22. The molecule has 0 aliphatic rings. The molecule has 1 unspecified atom stereocenters. The van der Waals surface area contributed by atoms with E-state index in [0.29, 0.717) is 35.7 Å². The molecule has 1 heterocycles. The second kappa shape index (κ2) is 9.92. The molecule has 0 aliphatic heterocycles. The summed E-state index contributed by atoms with van der Waals surface area (Å²) in [5, 5.41) is 0. The van der Waals surface area contributed by atoms with Gasteiger partial charge in [-0.05, 0) is 41.8 Å². The number of hydrogen-bond acceptors (Lipinski definition) is 5. The molecular formula is C26H22FNO4. The number of esters is 1. The van der Waals surface area contributed by atoms with Crippen LogP contribution in [-0.4, -0.2) is 11.0 Å². The molecule has 5 nitrogen and oxygen atoms in total. The van der Waals surface area contributed by atoms with Crippen molar-refractivity contribution in [3.8, 4) is 23.0 Å². The lowest BCUT2D eigenvalue weighted by atomic mass is 9.97. The lowest BCUT2D eigenvalue weighted by Crippen LogP contribution is -2.18. The maximum absolute atomic E-state index is 13.2. The highest BCUT2D eigenvalue weighted by Crippen LogP contribution is 2.33. The van der Waals surface area contributed by atoms with Gasteiger partial charge in [0.1, 0.15) is 18.2 Å². The number of halogens is 1. The molecule has 0 spiro atoms. The van der Waals surface area contributed by atoms with Gasteiger partial charge < -0.3 is 13.9 Å². The van der Waals surface area contributed by atoms with Crippen LogP contribution in [0.2, 0.25) is 0 Å². The van der Waals surface area contributed by atoms with E-state index in [1.54, 1.807) is 18.2 Å². The Labute approximate surface area is 185 Å². The molecule has 1 aromatic heterocycles. The zero-order valence-corrected chi connectivity index (χ0v) is 17.5. The molecule has 0 fully saturated rings. The van der Waals surface area contributed by atoms with Crippen molar-refractivity contribution in [2.75, 3.05) is 0 Å². The lowest BCUT2D eigenvalue weighted by Gasteiger charge is -2.14. The van der Waals surface area contributed by atoms with Crippen molar-refractivity contribution in [3.63, 3.8) is 0 Å². The molecule has 6 heteroatoms. The Bertz CT molecular complexity index is 1170. The van der Waals surface area contributed by atoms with Crippen LogP contribution in [0.1, 0.15) is 30.4 Å². The van der Waals surface area contributed by atoms with Crippen molar-refractivity contribution in [1.29, 1.82) is 0 Å². The second-order valence-electron chi connectivity index (χ2n) is 7.22. The summed E-state index contributed by atoms with van der Waals surface area (Å²) in [6, 6.07) is 23.0. The van der Waals surface area contributed by atoms with Gasteiger partial charge >= 0.3 is 5.97 Å².